The summed E-state index contributed by atoms with van der Waals surface area (Å²) in [5.41, 5.74) is 1.56. The van der Waals surface area contributed by atoms with Gasteiger partial charge >= 0.3 is 13.7 Å². The second-order valence-corrected chi connectivity index (χ2v) is 9.24. The number of pyridine rings is 2. The zero-order valence-electron chi connectivity index (χ0n) is 18.9. The van der Waals surface area contributed by atoms with Crippen LogP contribution in [0, 0.1) is 0 Å². The van der Waals surface area contributed by atoms with Crippen LogP contribution in [-0.4, -0.2) is 52.3 Å². The Kier molecular flexibility index (Phi) is 6.15. The molecule has 0 aliphatic carbocycles. The van der Waals surface area contributed by atoms with Gasteiger partial charge in [0.25, 0.3) is 0 Å². The van der Waals surface area contributed by atoms with E-state index in [1.807, 2.05) is 32.6 Å². The zero-order valence-corrected chi connectivity index (χ0v) is 18.9. The monoisotopic (exact) mass is 460 g/mol. The van der Waals surface area contributed by atoms with Crippen molar-refractivity contribution in [2.45, 2.75) is 65.0 Å². The molecule has 0 atom stereocenters. The van der Waals surface area contributed by atoms with E-state index in [1.54, 1.807) is 6.07 Å². The number of ether oxygens (including phenoxy) is 1. The highest BCUT2D eigenvalue weighted by Crippen LogP contribution is 2.37. The van der Waals surface area contributed by atoms with Gasteiger partial charge in [0.15, 0.2) is 0 Å². The summed E-state index contributed by atoms with van der Waals surface area (Å²) >= 11 is 0. The maximum Gasteiger partial charge on any atom is 0.495 e. The van der Waals surface area contributed by atoms with Crippen molar-refractivity contribution in [3.63, 3.8) is 0 Å². The second-order valence-electron chi connectivity index (χ2n) is 9.24. The summed E-state index contributed by atoms with van der Waals surface area (Å²) in [6.07, 6.45) is 2.01. The van der Waals surface area contributed by atoms with Crippen LogP contribution in [-0.2, 0) is 28.8 Å². The highest BCUT2D eigenvalue weighted by atomic mass is 19.3. The predicted molar refractivity (Wildman–Crippen MR) is 113 cm³/mol. The van der Waals surface area contributed by atoms with Crippen LogP contribution in [0.1, 0.15) is 55.0 Å². The summed E-state index contributed by atoms with van der Waals surface area (Å²) in [6.45, 7) is 6.24. The number of alkyl halides is 2. The first-order valence-electron chi connectivity index (χ1n) is 10.7. The van der Waals surface area contributed by atoms with Crippen molar-refractivity contribution in [1.82, 2.24) is 14.9 Å². The topological polar surface area (TPSA) is 96.8 Å². The van der Waals surface area contributed by atoms with Gasteiger partial charge in [-0.25, -0.2) is 9.97 Å². The smallest absolute Gasteiger partial charge is 0.495 e. The van der Waals surface area contributed by atoms with E-state index in [-0.39, 0.29) is 11.6 Å². The zero-order chi connectivity index (χ0) is 24.0. The molecule has 176 valence electrons. The fourth-order valence-electron chi connectivity index (χ4n) is 4.01. The third kappa shape index (κ3) is 4.85. The van der Waals surface area contributed by atoms with E-state index < -0.39 is 30.9 Å². The molecule has 0 amide bonds. The number of halogens is 2. The van der Waals surface area contributed by atoms with E-state index in [4.69, 9.17) is 9.31 Å². The van der Waals surface area contributed by atoms with Crippen molar-refractivity contribution < 1.29 is 32.7 Å². The molecule has 0 aromatic carbocycles. The number of carbonyl (C=O) groups excluding carboxylic acids is 1. The lowest BCUT2D eigenvalue weighted by Crippen LogP contribution is -2.43. The lowest BCUT2D eigenvalue weighted by Gasteiger charge is -2.32. The lowest BCUT2D eigenvalue weighted by atomic mass is 9.74. The Balaban J connectivity index is 1.60. The van der Waals surface area contributed by atoms with Crippen molar-refractivity contribution in [2.24, 2.45) is 0 Å². The molecule has 1 fully saturated rings. The summed E-state index contributed by atoms with van der Waals surface area (Å²) < 4.78 is 41.7. The number of carboxylic acids is 1. The molecule has 2 aliphatic rings. The minimum atomic E-state index is -2.95. The Morgan fingerprint density at radius 3 is 2.61 bits per heavy atom. The first-order chi connectivity index (χ1) is 15.4. The SMILES string of the molecule is CC1(C)OB(c2cc(C(=O)[O-])nc3c2CCN(Cc2ccnc(OC(F)F)c2)C3)OC1(C)C. The van der Waals surface area contributed by atoms with Gasteiger partial charge in [0, 0.05) is 31.9 Å². The molecule has 2 aliphatic heterocycles. The molecule has 11 heteroatoms. The van der Waals surface area contributed by atoms with E-state index >= 15 is 0 Å². The normalized spacial score (nSPS) is 19.5. The van der Waals surface area contributed by atoms with E-state index in [0.717, 1.165) is 11.1 Å². The number of hydrogen-bond donors (Lipinski definition) is 0. The van der Waals surface area contributed by atoms with Gasteiger partial charge < -0.3 is 23.9 Å². The van der Waals surface area contributed by atoms with E-state index in [0.29, 0.717) is 37.2 Å². The Bertz CT molecular complexity index is 1050. The molecular formula is C22H25BF2N3O5-. The molecule has 8 nitrogen and oxygen atoms in total. The standard InChI is InChI=1S/C22H26BF2N3O5/c1-21(2)22(3,4)33-23(32-21)15-10-16(19(29)30)27-17-12-28(8-6-14(15)17)11-13-5-7-26-18(9-13)31-20(24)25/h5,7,9-10,20H,6,8,11-12H2,1-4H3,(H,29,30)/p-1. The molecule has 0 saturated carbocycles. The molecule has 1 saturated heterocycles. The van der Waals surface area contributed by atoms with Gasteiger partial charge in [-0.2, -0.15) is 8.78 Å². The minimum Gasteiger partial charge on any atom is -0.543 e. The van der Waals surface area contributed by atoms with E-state index in [9.17, 15) is 18.7 Å². The van der Waals surface area contributed by atoms with Crippen LogP contribution in [0.2, 0.25) is 0 Å². The fraction of sp³-hybridized carbons (Fsp3) is 0.500. The molecule has 4 rings (SSSR count). The van der Waals surface area contributed by atoms with Crippen LogP contribution >= 0.6 is 0 Å². The van der Waals surface area contributed by atoms with E-state index in [1.165, 1.54) is 18.3 Å². The highest BCUT2D eigenvalue weighted by molar-refractivity contribution is 6.62. The lowest BCUT2D eigenvalue weighted by molar-refractivity contribution is -0.255. The quantitative estimate of drug-likeness (QED) is 0.596. The average molecular weight is 460 g/mol. The van der Waals surface area contributed by atoms with Crippen LogP contribution in [0.4, 0.5) is 8.78 Å². The summed E-state index contributed by atoms with van der Waals surface area (Å²) in [5, 5.41) is 11.7. The second kappa shape index (κ2) is 8.62. The Morgan fingerprint density at radius 2 is 1.97 bits per heavy atom. The van der Waals surface area contributed by atoms with Crippen molar-refractivity contribution in [3.05, 3.63) is 46.9 Å². The first kappa shape index (κ1) is 23.5. The highest BCUT2D eigenvalue weighted by Gasteiger charge is 2.52. The average Bonchev–Trinajstić information content (AvgIpc) is 2.93. The molecular weight excluding hydrogens is 435 g/mol. The molecule has 0 bridgehead atoms. The number of aromatic nitrogens is 2. The summed E-state index contributed by atoms with van der Waals surface area (Å²) in [6, 6.07) is 4.65. The number of nitrogens with zero attached hydrogens (tertiary/aromatic N) is 3. The van der Waals surface area contributed by atoms with Gasteiger partial charge in [0.1, 0.15) is 0 Å². The maximum absolute atomic E-state index is 12.5. The third-order valence-corrected chi connectivity index (χ3v) is 6.43. The largest absolute Gasteiger partial charge is 0.543 e. The Hall–Kier alpha value is -2.63. The number of carboxylic acid groups (broad SMARTS) is 1. The molecule has 0 N–H and O–H groups in total. The van der Waals surface area contributed by atoms with Gasteiger partial charge in [-0.05, 0) is 62.8 Å². The number of aromatic carboxylic acids is 1. The molecule has 0 spiro atoms. The van der Waals surface area contributed by atoms with E-state index in [2.05, 4.69) is 14.7 Å². The van der Waals surface area contributed by atoms with Gasteiger partial charge in [-0.15, -0.1) is 0 Å². The molecule has 0 radical (unpaired) electrons. The van der Waals surface area contributed by atoms with Crippen LogP contribution in [0.5, 0.6) is 5.88 Å². The van der Waals surface area contributed by atoms with Crippen molar-refractivity contribution >= 4 is 18.6 Å². The Morgan fingerprint density at radius 1 is 1.27 bits per heavy atom. The molecule has 4 heterocycles. The van der Waals surface area contributed by atoms with Crippen molar-refractivity contribution in [3.8, 4) is 5.88 Å². The number of carbonyl (C=O) groups is 1. The summed E-state index contributed by atoms with van der Waals surface area (Å²) in [5.74, 6) is -1.53. The van der Waals surface area contributed by atoms with Crippen LogP contribution in [0.3, 0.4) is 0 Å². The Labute approximate surface area is 191 Å². The predicted octanol–water partition coefficient (Wildman–Crippen LogP) is 1.30. The van der Waals surface area contributed by atoms with Crippen LogP contribution in [0.15, 0.2) is 24.4 Å². The summed E-state index contributed by atoms with van der Waals surface area (Å²) in [7, 11) is -0.717. The van der Waals surface area contributed by atoms with Crippen LogP contribution < -0.4 is 15.3 Å². The summed E-state index contributed by atoms with van der Waals surface area (Å²) in [4.78, 5) is 21.8. The van der Waals surface area contributed by atoms with Gasteiger partial charge in [0.2, 0.25) is 5.88 Å². The molecule has 0 unspecified atom stereocenters. The van der Waals surface area contributed by atoms with Crippen molar-refractivity contribution in [1.29, 1.82) is 0 Å². The van der Waals surface area contributed by atoms with Gasteiger partial charge in [-0.3, -0.25) is 4.90 Å². The molecule has 33 heavy (non-hydrogen) atoms. The van der Waals surface area contributed by atoms with Crippen molar-refractivity contribution in [2.75, 3.05) is 6.54 Å². The number of hydrogen-bond acceptors (Lipinski definition) is 8. The third-order valence-electron chi connectivity index (χ3n) is 6.43. The first-order valence-corrected chi connectivity index (χ1v) is 10.7. The van der Waals surface area contributed by atoms with Gasteiger partial charge in [-0.1, -0.05) is 0 Å². The molecule has 2 aromatic rings. The fourth-order valence-corrected chi connectivity index (χ4v) is 4.01. The minimum absolute atomic E-state index is 0.152. The van der Waals surface area contributed by atoms with Gasteiger partial charge in [0.05, 0.1) is 28.6 Å². The molecule has 2 aromatic heterocycles. The van der Waals surface area contributed by atoms with Crippen LogP contribution in [0.25, 0.3) is 0 Å². The maximum atomic E-state index is 12.5. The number of fused-ring (bicyclic) bond motifs is 1. The number of rotatable bonds is 6.